The van der Waals surface area contributed by atoms with Crippen LogP contribution in [0, 0.1) is 11.2 Å². The number of hydrogen-bond acceptors (Lipinski definition) is 3. The highest BCUT2D eigenvalue weighted by Crippen LogP contribution is 2.27. The summed E-state index contributed by atoms with van der Waals surface area (Å²) in [5, 5.41) is 7.01. The number of aromatic nitrogens is 2. The topological polar surface area (TPSA) is 69.6 Å². The molecule has 26 heavy (non-hydrogen) atoms. The van der Waals surface area contributed by atoms with E-state index in [-0.39, 0.29) is 10.8 Å². The van der Waals surface area contributed by atoms with E-state index in [1.807, 2.05) is 6.92 Å². The number of aromatic amines is 1. The summed E-state index contributed by atoms with van der Waals surface area (Å²) in [6.07, 6.45) is 7.89. The molecule has 4 nitrogen and oxygen atoms in total. The van der Waals surface area contributed by atoms with Crippen molar-refractivity contribution in [3.63, 3.8) is 0 Å². The fraction of sp³-hybridized carbons (Fsp3) is 0.350. The van der Waals surface area contributed by atoms with Gasteiger partial charge in [-0.05, 0) is 30.7 Å². The number of allylic oxidation sites excluding steroid dienone is 1. The number of imidazole rings is 1. The highest BCUT2D eigenvalue weighted by molar-refractivity contribution is 6.30. The van der Waals surface area contributed by atoms with Gasteiger partial charge in [0.05, 0.1) is 10.7 Å². The van der Waals surface area contributed by atoms with E-state index in [1.54, 1.807) is 12.1 Å². The van der Waals surface area contributed by atoms with Gasteiger partial charge in [-0.3, -0.25) is 4.79 Å². The standard InChI is InChI=1S/C16H15ClFN3O.C4H10/c1-2-4-13(22)16-15(20-14(21-16)5-3-8-19)10-6-7-11(17)12(18)9-10;1-3-4-2/h3,5-9,19H,2,4H2,1H3,(H,20,21);3-4H2,1-2H3/b5-3-,19-8?;. The fourth-order valence-electron chi connectivity index (χ4n) is 2.02. The number of nitrogens with zero attached hydrogens (tertiary/aromatic N) is 1. The van der Waals surface area contributed by atoms with Gasteiger partial charge in [-0.2, -0.15) is 0 Å². The van der Waals surface area contributed by atoms with Gasteiger partial charge in [0, 0.05) is 18.2 Å². The molecule has 0 unspecified atom stereocenters. The number of carbonyl (C=O) groups is 1. The van der Waals surface area contributed by atoms with Crippen LogP contribution in [0.2, 0.25) is 5.02 Å². The number of halogens is 2. The average Bonchev–Trinajstić information content (AvgIpc) is 3.07. The van der Waals surface area contributed by atoms with Gasteiger partial charge < -0.3 is 10.4 Å². The number of carbonyl (C=O) groups excluding carboxylic acids is 1. The number of Topliss-reactive ketones (excluding diaryl/α,β-unsaturated/α-hetero) is 1. The Bertz CT molecular complexity index is 766. The normalized spacial score (nSPS) is 10.5. The number of ketones is 1. The molecule has 0 atom stereocenters. The second-order valence-electron chi connectivity index (χ2n) is 5.67. The van der Waals surface area contributed by atoms with Gasteiger partial charge in [0.1, 0.15) is 17.3 Å². The Balaban J connectivity index is 0.000000765. The van der Waals surface area contributed by atoms with Gasteiger partial charge in [-0.15, -0.1) is 0 Å². The van der Waals surface area contributed by atoms with Gasteiger partial charge in [-0.25, -0.2) is 9.37 Å². The maximum absolute atomic E-state index is 13.7. The molecule has 0 aliphatic carbocycles. The third-order valence-corrected chi connectivity index (χ3v) is 3.83. The van der Waals surface area contributed by atoms with E-state index < -0.39 is 5.82 Å². The zero-order valence-electron chi connectivity index (χ0n) is 15.4. The first-order valence-corrected chi connectivity index (χ1v) is 9.11. The Labute approximate surface area is 159 Å². The van der Waals surface area contributed by atoms with Crippen molar-refractivity contribution in [2.75, 3.05) is 0 Å². The van der Waals surface area contributed by atoms with Gasteiger partial charge in [0.25, 0.3) is 0 Å². The molecule has 140 valence electrons. The molecule has 1 heterocycles. The molecule has 1 aromatic heterocycles. The quantitative estimate of drug-likeness (QED) is 0.437. The van der Waals surface area contributed by atoms with E-state index >= 15 is 0 Å². The number of nitrogens with one attached hydrogen (secondary N) is 2. The zero-order valence-corrected chi connectivity index (χ0v) is 16.2. The summed E-state index contributed by atoms with van der Waals surface area (Å²) < 4.78 is 13.7. The summed E-state index contributed by atoms with van der Waals surface area (Å²) in [7, 11) is 0. The van der Waals surface area contributed by atoms with Gasteiger partial charge in [-0.1, -0.05) is 51.3 Å². The summed E-state index contributed by atoms with van der Waals surface area (Å²) in [5.74, 6) is -0.212. The van der Waals surface area contributed by atoms with Crippen LogP contribution >= 0.6 is 11.6 Å². The first-order chi connectivity index (χ1) is 12.5. The lowest BCUT2D eigenvalue weighted by Crippen LogP contribution is -2.01. The molecule has 2 rings (SSSR count). The SMILES string of the molecule is CCCC.CCCC(=O)c1[nH]c(/C=C\C=N)nc1-c1ccc(Cl)c(F)c1. The van der Waals surface area contributed by atoms with E-state index in [2.05, 4.69) is 23.8 Å². The van der Waals surface area contributed by atoms with Crippen molar-refractivity contribution in [2.45, 2.75) is 46.5 Å². The minimum atomic E-state index is -0.562. The van der Waals surface area contributed by atoms with Crippen molar-refractivity contribution in [3.05, 3.63) is 46.6 Å². The minimum absolute atomic E-state index is 0.0182. The van der Waals surface area contributed by atoms with E-state index in [4.69, 9.17) is 17.0 Å². The van der Waals surface area contributed by atoms with Crippen LogP contribution in [0.1, 0.15) is 62.8 Å². The maximum atomic E-state index is 13.7. The molecular weight excluding hydrogens is 353 g/mol. The number of H-pyrrole nitrogens is 1. The van der Waals surface area contributed by atoms with Crippen LogP contribution in [0.5, 0.6) is 0 Å². The van der Waals surface area contributed by atoms with Crippen molar-refractivity contribution >= 4 is 29.7 Å². The van der Waals surface area contributed by atoms with Crippen LogP contribution in [-0.2, 0) is 0 Å². The van der Waals surface area contributed by atoms with E-state index in [1.165, 1.54) is 31.1 Å². The van der Waals surface area contributed by atoms with Gasteiger partial charge in [0.2, 0.25) is 0 Å². The van der Waals surface area contributed by atoms with Crippen molar-refractivity contribution in [2.24, 2.45) is 0 Å². The molecule has 0 saturated carbocycles. The Morgan fingerprint density at radius 1 is 1.27 bits per heavy atom. The molecule has 6 heteroatoms. The zero-order chi connectivity index (χ0) is 19.5. The molecule has 2 aromatic rings. The number of unbranched alkanes of at least 4 members (excludes halogenated alkanes) is 1. The molecule has 0 saturated heterocycles. The Morgan fingerprint density at radius 3 is 2.50 bits per heavy atom. The molecule has 0 aliphatic rings. The third-order valence-electron chi connectivity index (χ3n) is 3.52. The maximum Gasteiger partial charge on any atom is 0.181 e. The summed E-state index contributed by atoms with van der Waals surface area (Å²) >= 11 is 5.69. The second kappa shape index (κ2) is 11.4. The lowest BCUT2D eigenvalue weighted by molar-refractivity contribution is 0.0978. The molecule has 0 aliphatic heterocycles. The Morgan fingerprint density at radius 2 is 1.96 bits per heavy atom. The van der Waals surface area contributed by atoms with E-state index in [0.29, 0.717) is 35.6 Å². The predicted octanol–water partition coefficient (Wildman–Crippen LogP) is 6.32. The molecule has 1 aromatic carbocycles. The largest absolute Gasteiger partial charge is 0.336 e. The molecule has 0 fully saturated rings. The summed E-state index contributed by atoms with van der Waals surface area (Å²) in [6, 6.07) is 4.31. The lowest BCUT2D eigenvalue weighted by Gasteiger charge is -2.02. The number of rotatable bonds is 7. The van der Waals surface area contributed by atoms with E-state index in [0.717, 1.165) is 6.21 Å². The molecule has 0 spiro atoms. The van der Waals surface area contributed by atoms with Crippen LogP contribution < -0.4 is 0 Å². The minimum Gasteiger partial charge on any atom is -0.336 e. The smallest absolute Gasteiger partial charge is 0.181 e. The van der Waals surface area contributed by atoms with Crippen LogP contribution in [0.4, 0.5) is 4.39 Å². The number of hydrogen-bond donors (Lipinski definition) is 2. The molecule has 0 amide bonds. The van der Waals surface area contributed by atoms with Crippen LogP contribution in [0.25, 0.3) is 17.3 Å². The fourth-order valence-corrected chi connectivity index (χ4v) is 2.13. The van der Waals surface area contributed by atoms with Crippen LogP contribution in [0.15, 0.2) is 24.3 Å². The van der Waals surface area contributed by atoms with Crippen molar-refractivity contribution in [1.29, 1.82) is 5.41 Å². The molecular formula is C20H25ClFN3O. The van der Waals surface area contributed by atoms with Crippen molar-refractivity contribution in [1.82, 2.24) is 9.97 Å². The second-order valence-corrected chi connectivity index (χ2v) is 6.08. The third kappa shape index (κ3) is 6.23. The lowest BCUT2D eigenvalue weighted by atomic mass is 10.1. The van der Waals surface area contributed by atoms with E-state index in [9.17, 15) is 9.18 Å². The van der Waals surface area contributed by atoms with Gasteiger partial charge in [0.15, 0.2) is 5.78 Å². The first kappa shape index (κ1) is 21.8. The highest BCUT2D eigenvalue weighted by Gasteiger charge is 2.18. The molecule has 2 N–H and O–H groups in total. The number of benzene rings is 1. The summed E-state index contributed by atoms with van der Waals surface area (Å²) in [4.78, 5) is 19.5. The van der Waals surface area contributed by atoms with Gasteiger partial charge >= 0.3 is 0 Å². The first-order valence-electron chi connectivity index (χ1n) is 8.74. The monoisotopic (exact) mass is 377 g/mol. The average molecular weight is 378 g/mol. The predicted molar refractivity (Wildman–Crippen MR) is 107 cm³/mol. The molecule has 0 radical (unpaired) electrons. The Hall–Kier alpha value is -2.27. The Kier molecular flexibility index (Phi) is 9.52. The molecule has 0 bridgehead atoms. The van der Waals surface area contributed by atoms with Crippen molar-refractivity contribution < 1.29 is 9.18 Å². The highest BCUT2D eigenvalue weighted by atomic mass is 35.5. The van der Waals surface area contributed by atoms with Crippen LogP contribution in [-0.4, -0.2) is 22.0 Å². The summed E-state index contributed by atoms with van der Waals surface area (Å²) in [5.41, 5.74) is 1.21. The van der Waals surface area contributed by atoms with Crippen LogP contribution in [0.3, 0.4) is 0 Å². The van der Waals surface area contributed by atoms with Crippen molar-refractivity contribution in [3.8, 4) is 11.3 Å². The summed E-state index contributed by atoms with van der Waals surface area (Å²) in [6.45, 7) is 6.27.